The Kier molecular flexibility index (Phi) is 2.78. The van der Waals surface area contributed by atoms with Crippen LogP contribution in [0.5, 0.6) is 5.75 Å². The van der Waals surface area contributed by atoms with Crippen LogP contribution in [0.3, 0.4) is 0 Å². The number of hydrogen-bond acceptors (Lipinski definition) is 3. The minimum atomic E-state index is -1.22. The van der Waals surface area contributed by atoms with Crippen molar-refractivity contribution in [2.45, 2.75) is 0 Å². The number of carbonyl (C=O) groups is 1. The van der Waals surface area contributed by atoms with E-state index in [1.54, 1.807) is 0 Å². The average molecular weight is 236 g/mol. The first-order valence-corrected chi connectivity index (χ1v) is 4.74. The Hall–Kier alpha value is -2.37. The van der Waals surface area contributed by atoms with Gasteiger partial charge in [0.2, 0.25) is 0 Å². The van der Waals surface area contributed by atoms with Crippen molar-refractivity contribution < 1.29 is 19.0 Å². The van der Waals surface area contributed by atoms with Crippen LogP contribution in [-0.2, 0) is 0 Å². The fraction of sp³-hybridized carbons (Fsp3) is 0.0909. The number of rotatable bonds is 2. The molecule has 2 aromatic rings. The number of nitrogens with zero attached hydrogens (tertiary/aromatic N) is 1. The van der Waals surface area contributed by atoms with Crippen LogP contribution in [0.2, 0.25) is 0 Å². The number of ether oxygens (including phenoxy) is 1. The lowest BCUT2D eigenvalue weighted by Crippen LogP contribution is -2.08. The van der Waals surface area contributed by atoms with Gasteiger partial charge in [0.1, 0.15) is 11.3 Å². The van der Waals surface area contributed by atoms with Gasteiger partial charge in [0.05, 0.1) is 12.8 Å². The Morgan fingerprint density at radius 1 is 1.53 bits per heavy atom. The summed E-state index contributed by atoms with van der Waals surface area (Å²) < 4.78 is 18.6. The number of methoxy groups -OCH3 is 1. The maximum absolute atomic E-state index is 13.6. The number of aromatic nitrogens is 1. The van der Waals surface area contributed by atoms with Gasteiger partial charge in [0, 0.05) is 17.6 Å². The summed E-state index contributed by atoms with van der Waals surface area (Å²) in [6, 6.07) is 4.17. The SMILES string of the molecule is COc1cc(F)c2nccc(NC(=O)O)c2c1. The number of halogens is 1. The van der Waals surface area contributed by atoms with Crippen molar-refractivity contribution in [2.24, 2.45) is 0 Å². The number of carboxylic acid groups (broad SMARTS) is 1. The molecule has 2 N–H and O–H groups in total. The molecule has 0 radical (unpaired) electrons. The van der Waals surface area contributed by atoms with Gasteiger partial charge in [-0.25, -0.2) is 9.18 Å². The summed E-state index contributed by atoms with van der Waals surface area (Å²) in [4.78, 5) is 14.5. The number of benzene rings is 1. The van der Waals surface area contributed by atoms with E-state index in [4.69, 9.17) is 9.84 Å². The summed E-state index contributed by atoms with van der Waals surface area (Å²) >= 11 is 0. The van der Waals surface area contributed by atoms with Gasteiger partial charge in [-0.3, -0.25) is 10.3 Å². The van der Waals surface area contributed by atoms with E-state index >= 15 is 0 Å². The van der Waals surface area contributed by atoms with Crippen LogP contribution in [-0.4, -0.2) is 23.3 Å². The van der Waals surface area contributed by atoms with Gasteiger partial charge in [-0.05, 0) is 12.1 Å². The van der Waals surface area contributed by atoms with E-state index in [0.29, 0.717) is 11.1 Å². The predicted molar refractivity (Wildman–Crippen MR) is 59.9 cm³/mol. The summed E-state index contributed by atoms with van der Waals surface area (Å²) in [6.45, 7) is 0. The maximum Gasteiger partial charge on any atom is 0.409 e. The Balaban J connectivity index is 2.68. The summed E-state index contributed by atoms with van der Waals surface area (Å²) in [5, 5.41) is 11.2. The van der Waals surface area contributed by atoms with Crippen molar-refractivity contribution >= 4 is 22.7 Å². The lowest BCUT2D eigenvalue weighted by Gasteiger charge is -2.08. The predicted octanol–water partition coefficient (Wildman–Crippen LogP) is 2.47. The molecule has 5 nitrogen and oxygen atoms in total. The maximum atomic E-state index is 13.6. The van der Waals surface area contributed by atoms with Crippen LogP contribution in [0.25, 0.3) is 10.9 Å². The molecule has 0 atom stereocenters. The first-order valence-electron chi connectivity index (χ1n) is 4.74. The van der Waals surface area contributed by atoms with Crippen LogP contribution in [0.1, 0.15) is 0 Å². The highest BCUT2D eigenvalue weighted by molar-refractivity contribution is 5.98. The molecular formula is C11H9FN2O3. The van der Waals surface area contributed by atoms with Crippen LogP contribution in [0.4, 0.5) is 14.9 Å². The molecule has 0 spiro atoms. The zero-order valence-corrected chi connectivity index (χ0v) is 8.90. The molecule has 0 aliphatic rings. The number of fused-ring (bicyclic) bond motifs is 1. The van der Waals surface area contributed by atoms with Crippen LogP contribution in [0.15, 0.2) is 24.4 Å². The molecule has 1 heterocycles. The Morgan fingerprint density at radius 3 is 2.94 bits per heavy atom. The van der Waals surface area contributed by atoms with Crippen LogP contribution in [0, 0.1) is 5.82 Å². The Morgan fingerprint density at radius 2 is 2.29 bits per heavy atom. The molecule has 0 unspecified atom stereocenters. The summed E-state index contributed by atoms with van der Waals surface area (Å²) in [5.41, 5.74) is 0.359. The van der Waals surface area contributed by atoms with E-state index in [-0.39, 0.29) is 11.2 Å². The molecule has 0 saturated carbocycles. The zero-order chi connectivity index (χ0) is 12.4. The standard InChI is InChI=1S/C11H9FN2O3/c1-17-6-4-7-9(14-11(15)16)2-3-13-10(7)8(12)5-6/h2-5H,1H3,(H,13,14)(H,15,16). The quantitative estimate of drug-likeness (QED) is 0.840. The third-order valence-electron chi connectivity index (χ3n) is 2.25. The van der Waals surface area contributed by atoms with E-state index in [1.807, 2.05) is 0 Å². The average Bonchev–Trinajstić information content (AvgIpc) is 2.29. The Labute approximate surface area is 95.8 Å². The van der Waals surface area contributed by atoms with Gasteiger partial charge < -0.3 is 9.84 Å². The molecule has 1 aromatic heterocycles. The molecule has 0 fully saturated rings. The van der Waals surface area contributed by atoms with E-state index in [1.165, 1.54) is 31.5 Å². The van der Waals surface area contributed by atoms with Gasteiger partial charge in [-0.2, -0.15) is 0 Å². The normalized spacial score (nSPS) is 10.2. The zero-order valence-electron chi connectivity index (χ0n) is 8.90. The van der Waals surface area contributed by atoms with Gasteiger partial charge in [0.15, 0.2) is 5.82 Å². The van der Waals surface area contributed by atoms with Crippen molar-refractivity contribution in [1.29, 1.82) is 0 Å². The Bertz CT molecular complexity index is 586. The highest BCUT2D eigenvalue weighted by atomic mass is 19.1. The van der Waals surface area contributed by atoms with Crippen molar-refractivity contribution in [3.05, 3.63) is 30.2 Å². The monoisotopic (exact) mass is 236 g/mol. The van der Waals surface area contributed by atoms with E-state index in [9.17, 15) is 9.18 Å². The minimum absolute atomic E-state index is 0.0945. The summed E-state index contributed by atoms with van der Waals surface area (Å²) in [6.07, 6.45) is 0.115. The van der Waals surface area contributed by atoms with Crippen molar-refractivity contribution in [3.63, 3.8) is 0 Å². The number of hydrogen-bond donors (Lipinski definition) is 2. The molecule has 0 aliphatic heterocycles. The molecule has 0 saturated heterocycles. The lowest BCUT2D eigenvalue weighted by molar-refractivity contribution is 0.210. The third-order valence-corrected chi connectivity index (χ3v) is 2.25. The van der Waals surface area contributed by atoms with E-state index in [2.05, 4.69) is 10.3 Å². The van der Waals surface area contributed by atoms with E-state index < -0.39 is 11.9 Å². The second-order valence-corrected chi connectivity index (χ2v) is 3.29. The fourth-order valence-electron chi connectivity index (χ4n) is 1.53. The number of nitrogens with one attached hydrogen (secondary N) is 1. The van der Waals surface area contributed by atoms with E-state index in [0.717, 1.165) is 0 Å². The second-order valence-electron chi connectivity index (χ2n) is 3.29. The first kappa shape index (κ1) is 11.1. The van der Waals surface area contributed by atoms with Gasteiger partial charge >= 0.3 is 6.09 Å². The van der Waals surface area contributed by atoms with Crippen molar-refractivity contribution in [2.75, 3.05) is 12.4 Å². The second kappa shape index (κ2) is 4.25. The minimum Gasteiger partial charge on any atom is -0.497 e. The molecule has 2 rings (SSSR count). The summed E-state index contributed by atoms with van der Waals surface area (Å²) in [5.74, 6) is -0.259. The molecule has 0 bridgehead atoms. The molecule has 1 amide bonds. The fourth-order valence-corrected chi connectivity index (χ4v) is 1.53. The third kappa shape index (κ3) is 2.10. The van der Waals surface area contributed by atoms with Gasteiger partial charge in [-0.15, -0.1) is 0 Å². The number of amides is 1. The largest absolute Gasteiger partial charge is 0.497 e. The molecular weight excluding hydrogens is 227 g/mol. The summed E-state index contributed by atoms with van der Waals surface area (Å²) in [7, 11) is 1.40. The molecule has 1 aromatic carbocycles. The number of pyridine rings is 1. The molecule has 6 heteroatoms. The van der Waals surface area contributed by atoms with Crippen molar-refractivity contribution in [3.8, 4) is 5.75 Å². The van der Waals surface area contributed by atoms with Gasteiger partial charge in [0.25, 0.3) is 0 Å². The highest BCUT2D eigenvalue weighted by Crippen LogP contribution is 2.28. The molecule has 88 valence electrons. The van der Waals surface area contributed by atoms with Crippen molar-refractivity contribution in [1.82, 2.24) is 4.98 Å². The highest BCUT2D eigenvalue weighted by Gasteiger charge is 2.10. The number of anilines is 1. The first-order chi connectivity index (χ1) is 8.11. The smallest absolute Gasteiger partial charge is 0.409 e. The van der Waals surface area contributed by atoms with Crippen LogP contribution >= 0.6 is 0 Å². The molecule has 0 aliphatic carbocycles. The lowest BCUT2D eigenvalue weighted by atomic mass is 10.1. The van der Waals surface area contributed by atoms with Gasteiger partial charge in [-0.1, -0.05) is 0 Å². The topological polar surface area (TPSA) is 71.5 Å². The molecule has 17 heavy (non-hydrogen) atoms. The van der Waals surface area contributed by atoms with Crippen LogP contribution < -0.4 is 10.1 Å².